The van der Waals surface area contributed by atoms with Crippen molar-refractivity contribution < 1.29 is 4.39 Å². The summed E-state index contributed by atoms with van der Waals surface area (Å²) in [5.74, 6) is -0.154. The van der Waals surface area contributed by atoms with Crippen molar-refractivity contribution in [1.82, 2.24) is 5.32 Å². The molecule has 2 aromatic rings. The van der Waals surface area contributed by atoms with Crippen molar-refractivity contribution in [3.8, 4) is 0 Å². The molecule has 0 aliphatic rings. The van der Waals surface area contributed by atoms with E-state index >= 15 is 0 Å². The fourth-order valence-electron chi connectivity index (χ4n) is 2.29. The monoisotopic (exact) mass is 277 g/mol. The number of benzene rings is 1. The standard InChI is InChI=1S/C16H20FNS/c1-2-18-16(13-6-3-7-14(17)12-13)10-4-8-15-9-5-11-19-15/h3,5-7,9,11-12,16,18H,2,4,8,10H2,1H3. The van der Waals surface area contributed by atoms with Crippen molar-refractivity contribution in [2.45, 2.75) is 32.2 Å². The molecule has 1 nitrogen and oxygen atoms in total. The first-order valence-electron chi connectivity index (χ1n) is 6.81. The van der Waals surface area contributed by atoms with E-state index in [1.165, 1.54) is 10.9 Å². The quantitative estimate of drug-likeness (QED) is 0.782. The molecular formula is C16H20FNS. The van der Waals surface area contributed by atoms with Crippen LogP contribution in [0, 0.1) is 5.82 Å². The highest BCUT2D eigenvalue weighted by Gasteiger charge is 2.10. The van der Waals surface area contributed by atoms with E-state index in [9.17, 15) is 4.39 Å². The fourth-order valence-corrected chi connectivity index (χ4v) is 3.04. The Kier molecular flexibility index (Phi) is 5.55. The van der Waals surface area contributed by atoms with Crippen LogP contribution in [0.1, 0.15) is 36.2 Å². The highest BCUT2D eigenvalue weighted by molar-refractivity contribution is 7.09. The Hall–Kier alpha value is -1.19. The van der Waals surface area contributed by atoms with Gasteiger partial charge in [0.25, 0.3) is 0 Å². The average molecular weight is 277 g/mol. The molecule has 102 valence electrons. The molecular weight excluding hydrogens is 257 g/mol. The summed E-state index contributed by atoms with van der Waals surface area (Å²) in [5.41, 5.74) is 1.05. The third kappa shape index (κ3) is 4.44. The van der Waals surface area contributed by atoms with Gasteiger partial charge in [0, 0.05) is 10.9 Å². The molecule has 3 heteroatoms. The summed E-state index contributed by atoms with van der Waals surface area (Å²) in [6, 6.07) is 11.4. The van der Waals surface area contributed by atoms with E-state index in [-0.39, 0.29) is 11.9 Å². The van der Waals surface area contributed by atoms with E-state index in [1.54, 1.807) is 23.5 Å². The molecule has 0 saturated heterocycles. The zero-order chi connectivity index (χ0) is 13.5. The first-order valence-corrected chi connectivity index (χ1v) is 7.68. The lowest BCUT2D eigenvalue weighted by Gasteiger charge is -2.18. The minimum Gasteiger partial charge on any atom is -0.310 e. The van der Waals surface area contributed by atoms with E-state index in [1.807, 2.05) is 6.07 Å². The fraction of sp³-hybridized carbons (Fsp3) is 0.375. The lowest BCUT2D eigenvalue weighted by molar-refractivity contribution is 0.495. The van der Waals surface area contributed by atoms with Crippen molar-refractivity contribution in [1.29, 1.82) is 0 Å². The maximum absolute atomic E-state index is 13.3. The van der Waals surface area contributed by atoms with Crippen LogP contribution in [0.3, 0.4) is 0 Å². The highest BCUT2D eigenvalue weighted by Crippen LogP contribution is 2.21. The van der Waals surface area contributed by atoms with Crippen LogP contribution in [-0.2, 0) is 6.42 Å². The number of thiophene rings is 1. The van der Waals surface area contributed by atoms with Gasteiger partial charge in [-0.15, -0.1) is 11.3 Å². The van der Waals surface area contributed by atoms with Crippen LogP contribution in [0.5, 0.6) is 0 Å². The first-order chi connectivity index (χ1) is 9.29. The maximum Gasteiger partial charge on any atom is 0.123 e. The largest absolute Gasteiger partial charge is 0.310 e. The summed E-state index contributed by atoms with van der Waals surface area (Å²) < 4.78 is 13.3. The van der Waals surface area contributed by atoms with Crippen molar-refractivity contribution in [2.24, 2.45) is 0 Å². The minimum atomic E-state index is -0.154. The molecule has 0 saturated carbocycles. The Balaban J connectivity index is 1.92. The van der Waals surface area contributed by atoms with E-state index in [0.717, 1.165) is 31.4 Å². The molecule has 19 heavy (non-hydrogen) atoms. The second-order valence-electron chi connectivity index (χ2n) is 4.64. The topological polar surface area (TPSA) is 12.0 Å². The molecule has 1 aromatic heterocycles. The maximum atomic E-state index is 13.3. The van der Waals surface area contributed by atoms with Gasteiger partial charge in [-0.25, -0.2) is 4.39 Å². The molecule has 1 atom stereocenters. The van der Waals surface area contributed by atoms with E-state index in [0.29, 0.717) is 0 Å². The number of nitrogens with one attached hydrogen (secondary N) is 1. The van der Waals surface area contributed by atoms with E-state index in [4.69, 9.17) is 0 Å². The third-order valence-electron chi connectivity index (χ3n) is 3.20. The molecule has 0 bridgehead atoms. The number of halogens is 1. The van der Waals surface area contributed by atoms with E-state index in [2.05, 4.69) is 29.8 Å². The summed E-state index contributed by atoms with van der Waals surface area (Å²) in [6.07, 6.45) is 3.26. The number of hydrogen-bond donors (Lipinski definition) is 1. The van der Waals surface area contributed by atoms with Gasteiger partial charge in [-0.1, -0.05) is 25.1 Å². The minimum absolute atomic E-state index is 0.154. The molecule has 1 aromatic carbocycles. The normalized spacial score (nSPS) is 12.5. The molecule has 1 heterocycles. The van der Waals surface area contributed by atoms with Crippen LogP contribution >= 0.6 is 11.3 Å². The zero-order valence-corrected chi connectivity index (χ0v) is 12.0. The predicted molar refractivity (Wildman–Crippen MR) is 80.1 cm³/mol. The summed E-state index contributed by atoms with van der Waals surface area (Å²) in [7, 11) is 0. The Morgan fingerprint density at radius 1 is 1.26 bits per heavy atom. The van der Waals surface area contributed by atoms with Gasteiger partial charge < -0.3 is 5.32 Å². The van der Waals surface area contributed by atoms with Gasteiger partial charge in [-0.05, 0) is 54.9 Å². The van der Waals surface area contributed by atoms with Gasteiger partial charge in [0.05, 0.1) is 0 Å². The highest BCUT2D eigenvalue weighted by atomic mass is 32.1. The van der Waals surface area contributed by atoms with Gasteiger partial charge in [-0.2, -0.15) is 0 Å². The first kappa shape index (κ1) is 14.2. The molecule has 0 aliphatic carbocycles. The van der Waals surface area contributed by atoms with Crippen LogP contribution in [0.25, 0.3) is 0 Å². The van der Waals surface area contributed by atoms with Gasteiger partial charge in [0.1, 0.15) is 5.82 Å². The molecule has 2 rings (SSSR count). The number of aryl methyl sites for hydroxylation is 1. The third-order valence-corrected chi connectivity index (χ3v) is 4.13. The molecule has 1 N–H and O–H groups in total. The summed E-state index contributed by atoms with van der Waals surface area (Å²) in [5, 5.41) is 5.56. The molecule has 0 spiro atoms. The van der Waals surface area contributed by atoms with Crippen LogP contribution in [-0.4, -0.2) is 6.54 Å². The van der Waals surface area contributed by atoms with Crippen LogP contribution in [0.15, 0.2) is 41.8 Å². The van der Waals surface area contributed by atoms with Gasteiger partial charge in [0.2, 0.25) is 0 Å². The average Bonchev–Trinajstić information content (AvgIpc) is 2.91. The predicted octanol–water partition coefficient (Wildman–Crippen LogP) is 4.56. The van der Waals surface area contributed by atoms with Gasteiger partial charge in [0.15, 0.2) is 0 Å². The van der Waals surface area contributed by atoms with Crippen LogP contribution in [0.2, 0.25) is 0 Å². The number of rotatable bonds is 7. The van der Waals surface area contributed by atoms with Crippen molar-refractivity contribution in [3.63, 3.8) is 0 Å². The second kappa shape index (κ2) is 7.41. The van der Waals surface area contributed by atoms with Crippen LogP contribution < -0.4 is 5.32 Å². The van der Waals surface area contributed by atoms with Gasteiger partial charge >= 0.3 is 0 Å². The number of hydrogen-bond acceptors (Lipinski definition) is 2. The molecule has 0 aliphatic heterocycles. The van der Waals surface area contributed by atoms with Gasteiger partial charge in [-0.3, -0.25) is 0 Å². The molecule has 1 unspecified atom stereocenters. The van der Waals surface area contributed by atoms with Crippen molar-refractivity contribution in [3.05, 3.63) is 58.0 Å². The molecule has 0 radical (unpaired) electrons. The van der Waals surface area contributed by atoms with Crippen LogP contribution in [0.4, 0.5) is 4.39 Å². The SMILES string of the molecule is CCNC(CCCc1cccs1)c1cccc(F)c1. The Labute approximate surface area is 118 Å². The summed E-state index contributed by atoms with van der Waals surface area (Å²) >= 11 is 1.81. The van der Waals surface area contributed by atoms with E-state index < -0.39 is 0 Å². The lowest BCUT2D eigenvalue weighted by Crippen LogP contribution is -2.21. The van der Waals surface area contributed by atoms with Crippen molar-refractivity contribution in [2.75, 3.05) is 6.54 Å². The summed E-state index contributed by atoms with van der Waals surface area (Å²) in [6.45, 7) is 2.99. The smallest absolute Gasteiger partial charge is 0.123 e. The lowest BCUT2D eigenvalue weighted by atomic mass is 10.0. The molecule has 0 fully saturated rings. The zero-order valence-electron chi connectivity index (χ0n) is 11.2. The Morgan fingerprint density at radius 3 is 2.84 bits per heavy atom. The summed E-state index contributed by atoms with van der Waals surface area (Å²) in [4.78, 5) is 1.43. The molecule has 0 amide bonds. The Morgan fingerprint density at radius 2 is 2.16 bits per heavy atom. The second-order valence-corrected chi connectivity index (χ2v) is 5.67. The Bertz CT molecular complexity index is 481. The van der Waals surface area contributed by atoms with Crippen molar-refractivity contribution >= 4 is 11.3 Å².